The molecule has 2 unspecified atom stereocenters. The highest BCUT2D eigenvalue weighted by Crippen LogP contribution is 2.67. The second-order valence-electron chi connectivity index (χ2n) is 11.5. The molecule has 0 bridgehead atoms. The summed E-state index contributed by atoms with van der Waals surface area (Å²) < 4.78 is 0. The molecule has 3 fully saturated rings. The first-order valence-corrected chi connectivity index (χ1v) is 12.9. The normalized spacial score (nSPS) is 38.0. The van der Waals surface area contributed by atoms with E-state index >= 15 is 0 Å². The molecule has 2 saturated carbocycles. The molecule has 1 aliphatic heterocycles. The molecule has 3 aliphatic carbocycles. The summed E-state index contributed by atoms with van der Waals surface area (Å²) in [6.45, 7) is 6.77. The van der Waals surface area contributed by atoms with Gasteiger partial charge in [0, 0.05) is 42.2 Å². The Bertz CT molecular complexity index is 1010. The highest BCUT2D eigenvalue weighted by atomic mass is 35.5. The quantitative estimate of drug-likeness (QED) is 0.600. The van der Waals surface area contributed by atoms with E-state index in [9.17, 15) is 9.59 Å². The van der Waals surface area contributed by atoms with Gasteiger partial charge in [-0.25, -0.2) is 4.98 Å². The monoisotopic (exact) mass is 469 g/mol. The zero-order chi connectivity index (χ0) is 23.5. The summed E-state index contributed by atoms with van der Waals surface area (Å²) in [4.78, 5) is 31.5. The first-order valence-electron chi connectivity index (χ1n) is 12.5. The first-order chi connectivity index (χ1) is 15.6. The van der Waals surface area contributed by atoms with Gasteiger partial charge < -0.3 is 10.2 Å². The van der Waals surface area contributed by atoms with Gasteiger partial charge in [-0.3, -0.25) is 9.59 Å². The molecule has 1 saturated heterocycles. The standard InChI is InChI=1S/C27H36ClN3O2/c1-16-5-8-22(29-15-16)30-23(32)13-17-6-7-19-18-14-21(28)25-27(3,12-10-24(33)31(25)4)20(18)9-11-26(17,19)2/h5,8,15,17-20H,6-7,9-14H2,1-4H3,(H,29,30,32)/t17-,18?,19+,20?,26-,27-/m1/s1. The van der Waals surface area contributed by atoms with Gasteiger partial charge in [0.1, 0.15) is 5.82 Å². The van der Waals surface area contributed by atoms with Crippen molar-refractivity contribution in [3.63, 3.8) is 0 Å². The van der Waals surface area contributed by atoms with Crippen molar-refractivity contribution >= 4 is 29.2 Å². The number of rotatable bonds is 3. The fourth-order valence-corrected chi connectivity index (χ4v) is 8.60. The predicted octanol–water partition coefficient (Wildman–Crippen LogP) is 5.89. The Labute approximate surface area is 202 Å². The average molecular weight is 470 g/mol. The lowest BCUT2D eigenvalue weighted by molar-refractivity contribution is -0.136. The number of aryl methyl sites for hydroxylation is 1. The Morgan fingerprint density at radius 2 is 2.00 bits per heavy atom. The lowest BCUT2D eigenvalue weighted by Crippen LogP contribution is -2.54. The van der Waals surface area contributed by atoms with Crippen LogP contribution in [0.5, 0.6) is 0 Å². The highest BCUT2D eigenvalue weighted by molar-refractivity contribution is 6.30. The number of halogens is 1. The zero-order valence-electron chi connectivity index (χ0n) is 20.3. The summed E-state index contributed by atoms with van der Waals surface area (Å²) in [5, 5.41) is 3.90. The van der Waals surface area contributed by atoms with E-state index in [1.54, 1.807) is 6.20 Å². The molecule has 5 rings (SSSR count). The molecule has 178 valence electrons. The Morgan fingerprint density at radius 1 is 1.21 bits per heavy atom. The molecule has 2 amide bonds. The number of pyridine rings is 1. The number of carbonyl (C=O) groups excluding carboxylic acids is 2. The summed E-state index contributed by atoms with van der Waals surface area (Å²) in [5.41, 5.74) is 2.32. The number of nitrogens with zero attached hydrogens (tertiary/aromatic N) is 2. The Hall–Kier alpha value is -1.88. The van der Waals surface area contributed by atoms with E-state index in [1.807, 2.05) is 31.0 Å². The second kappa shape index (κ2) is 8.11. The van der Waals surface area contributed by atoms with Crippen LogP contribution in [0.1, 0.15) is 70.8 Å². The number of hydrogen-bond acceptors (Lipinski definition) is 3. The third kappa shape index (κ3) is 3.62. The van der Waals surface area contributed by atoms with Crippen LogP contribution in [0, 0.1) is 41.4 Å². The van der Waals surface area contributed by atoms with Crippen LogP contribution in [0.2, 0.25) is 0 Å². The maximum absolute atomic E-state index is 12.9. The van der Waals surface area contributed by atoms with Crippen molar-refractivity contribution < 1.29 is 9.59 Å². The molecule has 0 radical (unpaired) electrons. The summed E-state index contributed by atoms with van der Waals surface area (Å²) in [5.74, 6) is 2.97. The number of fused-ring (bicyclic) bond motifs is 5. The summed E-state index contributed by atoms with van der Waals surface area (Å²) in [6.07, 6.45) is 9.31. The van der Waals surface area contributed by atoms with Gasteiger partial charge in [-0.2, -0.15) is 0 Å². The molecule has 0 spiro atoms. The maximum Gasteiger partial charge on any atom is 0.226 e. The van der Waals surface area contributed by atoms with Crippen molar-refractivity contribution in [2.45, 2.75) is 72.1 Å². The smallest absolute Gasteiger partial charge is 0.226 e. The SMILES string of the molecule is Cc1ccc(NC(=O)C[C@H]2CC[C@H]3C4CC(Cl)=C5N(C)C(=O)CC[C@]5(C)C4CC[C@]23C)nc1. The van der Waals surface area contributed by atoms with E-state index in [-0.39, 0.29) is 22.6 Å². The number of aromatic nitrogens is 1. The van der Waals surface area contributed by atoms with E-state index in [0.29, 0.717) is 42.3 Å². The van der Waals surface area contributed by atoms with Crippen molar-refractivity contribution in [2.75, 3.05) is 12.4 Å². The fraction of sp³-hybridized carbons (Fsp3) is 0.667. The number of allylic oxidation sites excluding steroid dienone is 2. The van der Waals surface area contributed by atoms with Crippen LogP contribution >= 0.6 is 11.6 Å². The van der Waals surface area contributed by atoms with Gasteiger partial charge in [0.25, 0.3) is 0 Å². The number of carbonyl (C=O) groups is 2. The number of amides is 2. The summed E-state index contributed by atoms with van der Waals surface area (Å²) in [7, 11) is 1.90. The predicted molar refractivity (Wildman–Crippen MR) is 130 cm³/mol. The topological polar surface area (TPSA) is 62.3 Å². The number of anilines is 1. The van der Waals surface area contributed by atoms with Gasteiger partial charge in [-0.1, -0.05) is 31.5 Å². The third-order valence-electron chi connectivity index (χ3n) is 9.84. The minimum absolute atomic E-state index is 0.0173. The van der Waals surface area contributed by atoms with Crippen molar-refractivity contribution in [2.24, 2.45) is 34.5 Å². The molecule has 1 aromatic heterocycles. The Balaban J connectivity index is 1.34. The van der Waals surface area contributed by atoms with Crippen LogP contribution in [0.3, 0.4) is 0 Å². The molecule has 33 heavy (non-hydrogen) atoms. The Morgan fingerprint density at radius 3 is 2.73 bits per heavy atom. The lowest BCUT2D eigenvalue weighted by atomic mass is 9.49. The minimum atomic E-state index is -0.0173. The molecule has 1 N–H and O–H groups in total. The molecule has 1 aromatic rings. The summed E-state index contributed by atoms with van der Waals surface area (Å²) in [6, 6.07) is 3.85. The van der Waals surface area contributed by atoms with Gasteiger partial charge in [-0.15, -0.1) is 0 Å². The van der Waals surface area contributed by atoms with E-state index in [1.165, 1.54) is 6.42 Å². The average Bonchev–Trinajstić information content (AvgIpc) is 3.09. The van der Waals surface area contributed by atoms with Gasteiger partial charge in [0.2, 0.25) is 11.8 Å². The fourth-order valence-electron chi connectivity index (χ4n) is 8.08. The Kier molecular flexibility index (Phi) is 5.63. The van der Waals surface area contributed by atoms with Crippen LogP contribution in [0.4, 0.5) is 5.82 Å². The molecule has 2 heterocycles. The molecular weight excluding hydrogens is 434 g/mol. The zero-order valence-corrected chi connectivity index (χ0v) is 21.0. The number of hydrogen-bond donors (Lipinski definition) is 1. The molecule has 0 aromatic carbocycles. The van der Waals surface area contributed by atoms with Crippen molar-refractivity contribution in [1.29, 1.82) is 0 Å². The molecule has 6 heteroatoms. The molecular formula is C27H36ClN3O2. The van der Waals surface area contributed by atoms with Crippen LogP contribution in [-0.4, -0.2) is 28.7 Å². The maximum atomic E-state index is 12.9. The largest absolute Gasteiger partial charge is 0.318 e. The summed E-state index contributed by atoms with van der Waals surface area (Å²) >= 11 is 6.93. The van der Waals surface area contributed by atoms with E-state index in [4.69, 9.17) is 11.6 Å². The second-order valence-corrected chi connectivity index (χ2v) is 12.0. The first kappa shape index (κ1) is 22.9. The van der Waals surface area contributed by atoms with E-state index in [0.717, 1.165) is 48.4 Å². The molecule has 4 aliphatic rings. The van der Waals surface area contributed by atoms with E-state index < -0.39 is 0 Å². The van der Waals surface area contributed by atoms with Gasteiger partial charge >= 0.3 is 0 Å². The van der Waals surface area contributed by atoms with Crippen molar-refractivity contribution in [3.8, 4) is 0 Å². The van der Waals surface area contributed by atoms with E-state index in [2.05, 4.69) is 24.1 Å². The lowest BCUT2D eigenvalue weighted by Gasteiger charge is -2.59. The van der Waals surface area contributed by atoms with Crippen LogP contribution in [0.15, 0.2) is 29.1 Å². The van der Waals surface area contributed by atoms with Crippen LogP contribution in [0.25, 0.3) is 0 Å². The van der Waals surface area contributed by atoms with Gasteiger partial charge in [0.05, 0.1) is 0 Å². The van der Waals surface area contributed by atoms with Crippen LogP contribution < -0.4 is 5.32 Å². The highest BCUT2D eigenvalue weighted by Gasteiger charge is 2.60. The van der Waals surface area contributed by atoms with Crippen molar-refractivity contribution in [3.05, 3.63) is 34.6 Å². The number of piperidine rings is 1. The van der Waals surface area contributed by atoms with Crippen LogP contribution in [-0.2, 0) is 9.59 Å². The minimum Gasteiger partial charge on any atom is -0.318 e. The van der Waals surface area contributed by atoms with Gasteiger partial charge in [0.15, 0.2) is 0 Å². The molecule has 6 atom stereocenters. The van der Waals surface area contributed by atoms with Crippen molar-refractivity contribution in [1.82, 2.24) is 9.88 Å². The third-order valence-corrected chi connectivity index (χ3v) is 10.2. The van der Waals surface area contributed by atoms with Gasteiger partial charge in [-0.05, 0) is 86.2 Å². The molecule has 5 nitrogen and oxygen atoms in total. The number of nitrogens with one attached hydrogen (secondary N) is 1. The number of likely N-dealkylation sites (tertiary alicyclic amines) is 1.